The molecule has 1 aromatic rings. The highest BCUT2D eigenvalue weighted by Gasteiger charge is 2.16. The van der Waals surface area contributed by atoms with Crippen LogP contribution in [-0.4, -0.2) is 30.1 Å². The Kier molecular flexibility index (Phi) is 5.60. The third-order valence-corrected chi connectivity index (χ3v) is 4.07. The van der Waals surface area contributed by atoms with E-state index in [4.69, 9.17) is 11.6 Å². The van der Waals surface area contributed by atoms with Gasteiger partial charge < -0.3 is 4.90 Å². The molecule has 0 aliphatic carbocycles. The molecule has 0 N–H and O–H groups in total. The minimum Gasteiger partial charge on any atom is -0.356 e. The molecule has 0 spiro atoms. The zero-order chi connectivity index (χ0) is 13.0. The van der Waals surface area contributed by atoms with E-state index >= 15 is 0 Å². The molecule has 0 saturated carbocycles. The van der Waals surface area contributed by atoms with Gasteiger partial charge in [-0.3, -0.25) is 0 Å². The molecule has 0 bridgehead atoms. The molecule has 1 heterocycles. The third-order valence-electron chi connectivity index (χ3n) is 2.99. The van der Waals surface area contributed by atoms with Crippen molar-refractivity contribution in [2.24, 2.45) is 0 Å². The van der Waals surface area contributed by atoms with Crippen LogP contribution in [0, 0.1) is 13.8 Å². The van der Waals surface area contributed by atoms with Crippen LogP contribution in [0.25, 0.3) is 0 Å². The number of hydrogen-bond acceptors (Lipinski definition) is 3. The van der Waals surface area contributed by atoms with Crippen LogP contribution in [0.3, 0.4) is 0 Å². The van der Waals surface area contributed by atoms with E-state index in [2.05, 4.69) is 43.1 Å². The average Bonchev–Trinajstić information content (AvgIpc) is 2.27. The standard InChI is InChI=1S/C13H21ClN2S/c1-9-6-10(2)15-13(12(9)7-14)16(4)11(3)8-17-5/h6,11H,7-8H2,1-5H3. The van der Waals surface area contributed by atoms with Gasteiger partial charge in [-0.15, -0.1) is 11.6 Å². The summed E-state index contributed by atoms with van der Waals surface area (Å²) in [6.45, 7) is 6.35. The normalized spacial score (nSPS) is 12.6. The predicted octanol–water partition coefficient (Wildman–Crippen LogP) is 3.62. The van der Waals surface area contributed by atoms with Crippen molar-refractivity contribution < 1.29 is 0 Å². The third kappa shape index (κ3) is 3.52. The van der Waals surface area contributed by atoms with Crippen molar-refractivity contribution in [2.75, 3.05) is 24.0 Å². The molecule has 1 rings (SSSR count). The van der Waals surface area contributed by atoms with Gasteiger partial charge in [0.2, 0.25) is 0 Å². The Labute approximate surface area is 114 Å². The van der Waals surface area contributed by atoms with Crippen LogP contribution in [0.2, 0.25) is 0 Å². The summed E-state index contributed by atoms with van der Waals surface area (Å²) >= 11 is 7.90. The summed E-state index contributed by atoms with van der Waals surface area (Å²) in [4.78, 5) is 6.87. The molecule has 0 saturated heterocycles. The smallest absolute Gasteiger partial charge is 0.133 e. The van der Waals surface area contributed by atoms with E-state index in [1.807, 2.05) is 18.7 Å². The molecule has 1 unspecified atom stereocenters. The summed E-state index contributed by atoms with van der Waals surface area (Å²) in [6.07, 6.45) is 2.13. The Morgan fingerprint density at radius 2 is 2.12 bits per heavy atom. The highest BCUT2D eigenvalue weighted by Crippen LogP contribution is 2.25. The SMILES string of the molecule is CSCC(C)N(C)c1nc(C)cc(C)c1CCl. The monoisotopic (exact) mass is 272 g/mol. The van der Waals surface area contributed by atoms with Crippen LogP contribution in [0.4, 0.5) is 5.82 Å². The second kappa shape index (κ2) is 6.50. The maximum atomic E-state index is 6.04. The molecule has 1 aromatic heterocycles. The predicted molar refractivity (Wildman–Crippen MR) is 79.5 cm³/mol. The highest BCUT2D eigenvalue weighted by atomic mass is 35.5. The second-order valence-corrected chi connectivity index (χ2v) is 5.61. The minimum absolute atomic E-state index is 0.459. The molecule has 0 amide bonds. The van der Waals surface area contributed by atoms with Crippen LogP contribution in [0.15, 0.2) is 6.07 Å². The van der Waals surface area contributed by atoms with E-state index in [0.29, 0.717) is 11.9 Å². The maximum Gasteiger partial charge on any atom is 0.133 e. The van der Waals surface area contributed by atoms with Gasteiger partial charge >= 0.3 is 0 Å². The van der Waals surface area contributed by atoms with Gasteiger partial charge in [0.1, 0.15) is 5.82 Å². The zero-order valence-corrected chi connectivity index (χ0v) is 12.8. The maximum absolute atomic E-state index is 6.04. The summed E-state index contributed by atoms with van der Waals surface area (Å²) < 4.78 is 0. The van der Waals surface area contributed by atoms with Crippen molar-refractivity contribution in [1.82, 2.24) is 4.98 Å². The molecule has 0 aromatic carbocycles. The molecule has 4 heteroatoms. The number of nitrogens with zero attached hydrogens (tertiary/aromatic N) is 2. The summed E-state index contributed by atoms with van der Waals surface area (Å²) in [6, 6.07) is 2.55. The van der Waals surface area contributed by atoms with E-state index in [1.54, 1.807) is 0 Å². The number of rotatable bonds is 5. The zero-order valence-electron chi connectivity index (χ0n) is 11.2. The average molecular weight is 273 g/mol. The summed E-state index contributed by atoms with van der Waals surface area (Å²) in [7, 11) is 2.10. The fourth-order valence-corrected chi connectivity index (χ4v) is 2.90. The quantitative estimate of drug-likeness (QED) is 0.762. The van der Waals surface area contributed by atoms with Gasteiger partial charge in [-0.25, -0.2) is 4.98 Å². The van der Waals surface area contributed by atoms with Crippen molar-refractivity contribution in [3.8, 4) is 0 Å². The van der Waals surface area contributed by atoms with Gasteiger partial charge in [-0.2, -0.15) is 11.8 Å². The Morgan fingerprint density at radius 3 is 2.65 bits per heavy atom. The van der Waals surface area contributed by atoms with Crippen LogP contribution in [0.1, 0.15) is 23.7 Å². The summed E-state index contributed by atoms with van der Waals surface area (Å²) in [5.41, 5.74) is 3.42. The van der Waals surface area contributed by atoms with Crippen LogP contribution >= 0.6 is 23.4 Å². The molecule has 0 radical (unpaired) electrons. The van der Waals surface area contributed by atoms with E-state index in [9.17, 15) is 0 Å². The number of aryl methyl sites for hydroxylation is 2. The van der Waals surface area contributed by atoms with Crippen molar-refractivity contribution in [1.29, 1.82) is 0 Å². The summed E-state index contributed by atoms with van der Waals surface area (Å²) in [5.74, 6) is 2.64. The number of thioether (sulfide) groups is 1. The molecule has 0 aliphatic heterocycles. The van der Waals surface area contributed by atoms with E-state index in [0.717, 1.165) is 22.8 Å². The van der Waals surface area contributed by atoms with E-state index < -0.39 is 0 Å². The van der Waals surface area contributed by atoms with Crippen molar-refractivity contribution in [3.63, 3.8) is 0 Å². The largest absolute Gasteiger partial charge is 0.356 e. The molecule has 0 fully saturated rings. The number of anilines is 1. The van der Waals surface area contributed by atoms with Gasteiger partial charge in [-0.1, -0.05) is 0 Å². The number of alkyl halides is 1. The molecule has 0 aliphatic rings. The highest BCUT2D eigenvalue weighted by molar-refractivity contribution is 7.98. The first-order chi connectivity index (χ1) is 8.01. The lowest BCUT2D eigenvalue weighted by molar-refractivity contribution is 0.747. The van der Waals surface area contributed by atoms with Gasteiger partial charge in [0.15, 0.2) is 0 Å². The Bertz CT molecular complexity index is 382. The van der Waals surface area contributed by atoms with Gasteiger partial charge in [-0.05, 0) is 38.7 Å². The number of pyridine rings is 1. The molecular weight excluding hydrogens is 252 g/mol. The molecule has 96 valence electrons. The molecule has 17 heavy (non-hydrogen) atoms. The lowest BCUT2D eigenvalue weighted by Gasteiger charge is -2.28. The van der Waals surface area contributed by atoms with Gasteiger partial charge in [0.25, 0.3) is 0 Å². The molecule has 2 nitrogen and oxygen atoms in total. The minimum atomic E-state index is 0.459. The lowest BCUT2D eigenvalue weighted by atomic mass is 10.1. The van der Waals surface area contributed by atoms with Crippen LogP contribution in [-0.2, 0) is 5.88 Å². The van der Waals surface area contributed by atoms with Gasteiger partial charge in [0, 0.05) is 30.1 Å². The lowest BCUT2D eigenvalue weighted by Crippen LogP contribution is -2.32. The number of hydrogen-bond donors (Lipinski definition) is 0. The molecule has 1 atom stereocenters. The fourth-order valence-electron chi connectivity index (χ4n) is 1.86. The first-order valence-corrected chi connectivity index (χ1v) is 7.69. The first-order valence-electron chi connectivity index (χ1n) is 5.76. The fraction of sp³-hybridized carbons (Fsp3) is 0.615. The summed E-state index contributed by atoms with van der Waals surface area (Å²) in [5, 5.41) is 0. The van der Waals surface area contributed by atoms with E-state index in [-0.39, 0.29) is 0 Å². The van der Waals surface area contributed by atoms with Crippen molar-refractivity contribution in [3.05, 3.63) is 22.9 Å². The van der Waals surface area contributed by atoms with Crippen LogP contribution in [0.5, 0.6) is 0 Å². The Balaban J connectivity index is 3.11. The molecular formula is C13H21ClN2S. The Hall–Kier alpha value is -0.410. The van der Waals surface area contributed by atoms with Crippen LogP contribution < -0.4 is 4.90 Å². The van der Waals surface area contributed by atoms with E-state index in [1.165, 1.54) is 5.56 Å². The topological polar surface area (TPSA) is 16.1 Å². The number of aromatic nitrogens is 1. The van der Waals surface area contributed by atoms with Crippen molar-refractivity contribution >= 4 is 29.2 Å². The number of halogens is 1. The first kappa shape index (κ1) is 14.7. The van der Waals surface area contributed by atoms with Crippen molar-refractivity contribution in [2.45, 2.75) is 32.7 Å². The van der Waals surface area contributed by atoms with Gasteiger partial charge in [0.05, 0.1) is 5.88 Å². The second-order valence-electron chi connectivity index (χ2n) is 4.43. The Morgan fingerprint density at radius 1 is 1.47 bits per heavy atom.